The lowest BCUT2D eigenvalue weighted by molar-refractivity contribution is -0.140. The smallest absolute Gasteiger partial charge is 0.305 e. The third-order valence-corrected chi connectivity index (χ3v) is 3.23. The molecule has 0 aliphatic carbocycles. The normalized spacial score (nSPS) is 10.4. The average molecular weight is 249 g/mol. The third kappa shape index (κ3) is 4.49. The maximum absolute atomic E-state index is 10.9. The molecule has 3 nitrogen and oxygen atoms in total. The molecule has 0 spiro atoms. The van der Waals surface area contributed by atoms with E-state index in [1.165, 1.54) is 29.4 Å². The maximum Gasteiger partial charge on any atom is 0.305 e. The van der Waals surface area contributed by atoms with E-state index in [0.29, 0.717) is 6.42 Å². The van der Waals surface area contributed by atoms with E-state index in [1.54, 1.807) is 0 Å². The van der Waals surface area contributed by atoms with Crippen LogP contribution in [0.5, 0.6) is 0 Å². The van der Waals surface area contributed by atoms with Gasteiger partial charge in [-0.25, -0.2) is 0 Å². The lowest BCUT2D eigenvalue weighted by atomic mass is 10.0. The van der Waals surface area contributed by atoms with Crippen molar-refractivity contribution in [2.24, 2.45) is 0 Å². The quantitative estimate of drug-likeness (QED) is 0.622. The number of ether oxygens (including phenoxy) is 1. The predicted octanol–water partition coefficient (Wildman–Crippen LogP) is 2.65. The molecule has 1 aromatic carbocycles. The minimum Gasteiger partial charge on any atom is -0.469 e. The summed E-state index contributed by atoms with van der Waals surface area (Å²) in [5.74, 6) is -0.140. The fraction of sp³-hybridized carbons (Fsp3) is 0.533. The SMILES string of the molecule is COC(=O)CCCNCc1cc(C)c(C)cc1C. The summed E-state index contributed by atoms with van der Waals surface area (Å²) >= 11 is 0. The van der Waals surface area contributed by atoms with Crippen LogP contribution in [0.1, 0.15) is 35.1 Å². The van der Waals surface area contributed by atoms with Gasteiger partial charge in [0, 0.05) is 13.0 Å². The van der Waals surface area contributed by atoms with Crippen molar-refractivity contribution in [2.45, 2.75) is 40.2 Å². The number of carbonyl (C=O) groups is 1. The molecule has 0 unspecified atom stereocenters. The number of hydrogen-bond acceptors (Lipinski definition) is 3. The van der Waals surface area contributed by atoms with E-state index in [4.69, 9.17) is 0 Å². The van der Waals surface area contributed by atoms with E-state index in [1.807, 2.05) is 0 Å². The standard InChI is InChI=1S/C15H23NO2/c1-11-8-13(3)14(9-12(11)2)10-16-7-5-6-15(17)18-4/h8-9,16H,5-7,10H2,1-4H3. The van der Waals surface area contributed by atoms with Crippen molar-refractivity contribution >= 4 is 5.97 Å². The third-order valence-electron chi connectivity index (χ3n) is 3.23. The molecule has 0 amide bonds. The molecule has 0 radical (unpaired) electrons. The van der Waals surface area contributed by atoms with E-state index in [2.05, 4.69) is 43.0 Å². The summed E-state index contributed by atoms with van der Waals surface area (Å²) in [6.07, 6.45) is 1.30. The topological polar surface area (TPSA) is 38.3 Å². The average Bonchev–Trinajstić information content (AvgIpc) is 2.34. The molecule has 0 saturated heterocycles. The molecule has 0 heterocycles. The van der Waals surface area contributed by atoms with Crippen LogP contribution in [0.2, 0.25) is 0 Å². The Bertz CT molecular complexity index is 413. The van der Waals surface area contributed by atoms with Crippen molar-refractivity contribution in [1.29, 1.82) is 0 Å². The lowest BCUT2D eigenvalue weighted by Gasteiger charge is -2.10. The molecular weight excluding hydrogens is 226 g/mol. The number of benzene rings is 1. The number of esters is 1. The molecular formula is C15H23NO2. The first-order valence-electron chi connectivity index (χ1n) is 6.39. The lowest BCUT2D eigenvalue weighted by Crippen LogP contribution is -2.17. The number of aryl methyl sites for hydroxylation is 3. The highest BCUT2D eigenvalue weighted by Gasteiger charge is 2.02. The molecule has 0 atom stereocenters. The first-order chi connectivity index (χ1) is 8.54. The van der Waals surface area contributed by atoms with Crippen LogP contribution in [0.15, 0.2) is 12.1 Å². The zero-order valence-electron chi connectivity index (χ0n) is 11.8. The summed E-state index contributed by atoms with van der Waals surface area (Å²) < 4.78 is 4.60. The Kier molecular flexibility index (Phi) is 5.86. The van der Waals surface area contributed by atoms with E-state index >= 15 is 0 Å². The Hall–Kier alpha value is -1.35. The van der Waals surface area contributed by atoms with Gasteiger partial charge in [0.25, 0.3) is 0 Å². The van der Waals surface area contributed by atoms with Gasteiger partial charge in [0.1, 0.15) is 0 Å². The van der Waals surface area contributed by atoms with Crippen molar-refractivity contribution in [2.75, 3.05) is 13.7 Å². The summed E-state index contributed by atoms with van der Waals surface area (Å²) in [5, 5.41) is 3.36. The van der Waals surface area contributed by atoms with Crippen LogP contribution in [0, 0.1) is 20.8 Å². The van der Waals surface area contributed by atoms with Crippen molar-refractivity contribution in [1.82, 2.24) is 5.32 Å². The molecule has 0 aliphatic rings. The van der Waals surface area contributed by atoms with Crippen molar-refractivity contribution in [3.8, 4) is 0 Å². The molecule has 0 saturated carbocycles. The molecule has 18 heavy (non-hydrogen) atoms. The Morgan fingerprint density at radius 3 is 2.50 bits per heavy atom. The zero-order chi connectivity index (χ0) is 13.5. The van der Waals surface area contributed by atoms with Gasteiger partial charge in [-0.3, -0.25) is 4.79 Å². The number of hydrogen-bond donors (Lipinski definition) is 1. The van der Waals surface area contributed by atoms with Crippen LogP contribution < -0.4 is 5.32 Å². The Labute approximate surface area is 110 Å². The Morgan fingerprint density at radius 2 is 1.83 bits per heavy atom. The van der Waals surface area contributed by atoms with Gasteiger partial charge < -0.3 is 10.1 Å². The number of methoxy groups -OCH3 is 1. The van der Waals surface area contributed by atoms with Gasteiger partial charge in [-0.1, -0.05) is 12.1 Å². The zero-order valence-corrected chi connectivity index (χ0v) is 11.8. The largest absolute Gasteiger partial charge is 0.469 e. The van der Waals surface area contributed by atoms with Gasteiger partial charge in [0.2, 0.25) is 0 Å². The summed E-state index contributed by atoms with van der Waals surface area (Å²) in [4.78, 5) is 10.9. The van der Waals surface area contributed by atoms with E-state index in [-0.39, 0.29) is 5.97 Å². The van der Waals surface area contributed by atoms with Gasteiger partial charge >= 0.3 is 5.97 Å². The second-order valence-corrected chi connectivity index (χ2v) is 4.72. The van der Waals surface area contributed by atoms with Crippen molar-refractivity contribution < 1.29 is 9.53 Å². The second kappa shape index (κ2) is 7.17. The highest BCUT2D eigenvalue weighted by molar-refractivity contribution is 5.69. The molecule has 1 aromatic rings. The second-order valence-electron chi connectivity index (χ2n) is 4.72. The van der Waals surface area contributed by atoms with E-state index < -0.39 is 0 Å². The molecule has 100 valence electrons. The number of carbonyl (C=O) groups excluding carboxylic acids is 1. The molecule has 3 heteroatoms. The van der Waals surface area contributed by atoms with Crippen LogP contribution in [-0.4, -0.2) is 19.6 Å². The molecule has 1 N–H and O–H groups in total. The monoisotopic (exact) mass is 249 g/mol. The summed E-state index contributed by atoms with van der Waals surface area (Å²) in [5.41, 5.74) is 5.31. The summed E-state index contributed by atoms with van der Waals surface area (Å²) in [6, 6.07) is 4.46. The van der Waals surface area contributed by atoms with Gasteiger partial charge in [0.15, 0.2) is 0 Å². The van der Waals surface area contributed by atoms with Crippen LogP contribution in [0.3, 0.4) is 0 Å². The maximum atomic E-state index is 10.9. The van der Waals surface area contributed by atoms with Crippen LogP contribution >= 0.6 is 0 Å². The highest BCUT2D eigenvalue weighted by atomic mass is 16.5. The minimum atomic E-state index is -0.140. The van der Waals surface area contributed by atoms with Gasteiger partial charge in [-0.2, -0.15) is 0 Å². The van der Waals surface area contributed by atoms with E-state index in [9.17, 15) is 4.79 Å². The minimum absolute atomic E-state index is 0.140. The van der Waals surface area contributed by atoms with E-state index in [0.717, 1.165) is 19.5 Å². The van der Waals surface area contributed by atoms with Gasteiger partial charge in [-0.05, 0) is 56.0 Å². The molecule has 0 aromatic heterocycles. The molecule has 0 fully saturated rings. The molecule has 1 rings (SSSR count). The number of rotatable bonds is 6. The van der Waals surface area contributed by atoms with Crippen LogP contribution in [0.25, 0.3) is 0 Å². The molecule has 0 aliphatic heterocycles. The van der Waals surface area contributed by atoms with Crippen molar-refractivity contribution in [3.63, 3.8) is 0 Å². The first-order valence-corrected chi connectivity index (χ1v) is 6.39. The molecule has 0 bridgehead atoms. The van der Waals surface area contributed by atoms with Crippen LogP contribution in [0.4, 0.5) is 0 Å². The van der Waals surface area contributed by atoms with Crippen LogP contribution in [-0.2, 0) is 16.1 Å². The first kappa shape index (κ1) is 14.7. The Balaban J connectivity index is 2.36. The summed E-state index contributed by atoms with van der Waals surface area (Å²) in [6.45, 7) is 8.10. The fourth-order valence-corrected chi connectivity index (χ4v) is 1.89. The predicted molar refractivity (Wildman–Crippen MR) is 73.6 cm³/mol. The van der Waals surface area contributed by atoms with Crippen molar-refractivity contribution in [3.05, 3.63) is 34.4 Å². The number of nitrogens with one attached hydrogen (secondary N) is 1. The Morgan fingerprint density at radius 1 is 1.17 bits per heavy atom. The fourth-order valence-electron chi connectivity index (χ4n) is 1.89. The van der Waals surface area contributed by atoms with Gasteiger partial charge in [-0.15, -0.1) is 0 Å². The highest BCUT2D eigenvalue weighted by Crippen LogP contribution is 2.15. The van der Waals surface area contributed by atoms with Gasteiger partial charge in [0.05, 0.1) is 7.11 Å². The summed E-state index contributed by atoms with van der Waals surface area (Å²) in [7, 11) is 1.42.